The van der Waals surface area contributed by atoms with E-state index in [1.807, 2.05) is 24.3 Å². The van der Waals surface area contributed by atoms with Gasteiger partial charge in [-0.15, -0.1) is 0 Å². The van der Waals surface area contributed by atoms with Gasteiger partial charge in [-0.2, -0.15) is 0 Å². The van der Waals surface area contributed by atoms with Gasteiger partial charge in [0.2, 0.25) is 0 Å². The highest BCUT2D eigenvalue weighted by Crippen LogP contribution is 2.28. The molecular weight excluding hydrogens is 352 g/mol. The monoisotopic (exact) mass is 374 g/mol. The van der Waals surface area contributed by atoms with Crippen molar-refractivity contribution in [3.05, 3.63) is 42.0 Å². The summed E-state index contributed by atoms with van der Waals surface area (Å²) in [4.78, 5) is 36.5. The highest BCUT2D eigenvalue weighted by atomic mass is 16.5. The van der Waals surface area contributed by atoms with Gasteiger partial charge >= 0.3 is 11.9 Å². The van der Waals surface area contributed by atoms with Crippen LogP contribution in [-0.2, 0) is 23.9 Å². The summed E-state index contributed by atoms with van der Waals surface area (Å²) in [6.45, 7) is 1.60. The Labute approximate surface area is 156 Å². The summed E-state index contributed by atoms with van der Waals surface area (Å²) in [5, 5.41) is 11.9. The van der Waals surface area contributed by atoms with Crippen LogP contribution in [0.15, 0.2) is 36.4 Å². The molecule has 0 aliphatic heterocycles. The van der Waals surface area contributed by atoms with Crippen molar-refractivity contribution in [2.75, 3.05) is 21.3 Å². The molecule has 2 aromatic carbocycles. The van der Waals surface area contributed by atoms with Crippen LogP contribution < -0.4 is 4.74 Å². The summed E-state index contributed by atoms with van der Waals surface area (Å²) in [5.74, 6) is -4.39. The molecule has 0 amide bonds. The van der Waals surface area contributed by atoms with E-state index >= 15 is 0 Å². The van der Waals surface area contributed by atoms with Crippen LogP contribution in [0.25, 0.3) is 10.8 Å². The SMILES string of the molecule is COC(=O)C(O)C(C(=O)OC)C(=O)[C@@H](C)c1ccc2cc(OC)ccc2c1. The molecule has 7 heteroatoms. The fourth-order valence-electron chi connectivity index (χ4n) is 2.86. The third kappa shape index (κ3) is 4.25. The molecule has 1 N–H and O–H groups in total. The molecule has 0 bridgehead atoms. The molecule has 3 atom stereocenters. The van der Waals surface area contributed by atoms with Crippen LogP contribution in [0, 0.1) is 5.92 Å². The lowest BCUT2D eigenvalue weighted by Gasteiger charge is -2.21. The highest BCUT2D eigenvalue weighted by molar-refractivity contribution is 6.06. The zero-order valence-electron chi connectivity index (χ0n) is 15.6. The number of methoxy groups -OCH3 is 3. The number of ether oxygens (including phenoxy) is 3. The van der Waals surface area contributed by atoms with Gasteiger partial charge < -0.3 is 19.3 Å². The second-order valence-corrected chi connectivity index (χ2v) is 6.07. The maximum Gasteiger partial charge on any atom is 0.336 e. The standard InChI is InChI=1S/C20H22O7/c1-11(17(21)16(19(23)26-3)18(22)20(24)27-4)12-5-6-14-10-15(25-2)8-7-13(14)9-12/h5-11,16,18,22H,1-4H3/t11-,16?,18?/m0/s1. The minimum Gasteiger partial charge on any atom is -0.497 e. The molecule has 27 heavy (non-hydrogen) atoms. The summed E-state index contributed by atoms with van der Waals surface area (Å²) in [6, 6.07) is 10.9. The predicted molar refractivity (Wildman–Crippen MR) is 97.5 cm³/mol. The quantitative estimate of drug-likeness (QED) is 0.583. The summed E-state index contributed by atoms with van der Waals surface area (Å²) in [5.41, 5.74) is 0.642. The van der Waals surface area contributed by atoms with Crippen molar-refractivity contribution < 1.29 is 33.7 Å². The summed E-state index contributed by atoms with van der Waals surface area (Å²) < 4.78 is 14.2. The Bertz CT molecular complexity index is 859. The largest absolute Gasteiger partial charge is 0.497 e. The van der Waals surface area contributed by atoms with Gasteiger partial charge in [-0.3, -0.25) is 9.59 Å². The fourth-order valence-corrected chi connectivity index (χ4v) is 2.86. The molecule has 0 spiro atoms. The lowest BCUT2D eigenvalue weighted by atomic mass is 9.85. The van der Waals surface area contributed by atoms with Crippen LogP contribution in [0.4, 0.5) is 0 Å². The smallest absolute Gasteiger partial charge is 0.336 e. The van der Waals surface area contributed by atoms with Gasteiger partial charge in [-0.25, -0.2) is 4.79 Å². The van der Waals surface area contributed by atoms with Crippen LogP contribution >= 0.6 is 0 Å². The molecule has 0 saturated heterocycles. The molecule has 0 heterocycles. The van der Waals surface area contributed by atoms with E-state index in [4.69, 9.17) is 4.74 Å². The molecule has 144 valence electrons. The van der Waals surface area contributed by atoms with Crippen molar-refractivity contribution in [2.24, 2.45) is 5.92 Å². The number of carbonyl (C=O) groups excluding carboxylic acids is 3. The lowest BCUT2D eigenvalue weighted by Crippen LogP contribution is -2.43. The van der Waals surface area contributed by atoms with Crippen LogP contribution in [0.1, 0.15) is 18.4 Å². The van der Waals surface area contributed by atoms with Crippen molar-refractivity contribution in [1.82, 2.24) is 0 Å². The third-order valence-electron chi connectivity index (χ3n) is 4.52. The maximum atomic E-state index is 12.9. The summed E-state index contributed by atoms with van der Waals surface area (Å²) >= 11 is 0. The first kappa shape index (κ1) is 20.4. The van der Waals surface area contributed by atoms with Gasteiger partial charge in [0.25, 0.3) is 0 Å². The maximum absolute atomic E-state index is 12.9. The molecule has 0 radical (unpaired) electrons. The van der Waals surface area contributed by atoms with E-state index in [-0.39, 0.29) is 0 Å². The Kier molecular flexibility index (Phi) is 6.52. The van der Waals surface area contributed by atoms with Gasteiger partial charge in [0, 0.05) is 5.92 Å². The van der Waals surface area contributed by atoms with Gasteiger partial charge in [-0.1, -0.05) is 31.2 Å². The van der Waals surface area contributed by atoms with E-state index < -0.39 is 35.7 Å². The molecule has 0 aliphatic carbocycles. The zero-order valence-corrected chi connectivity index (χ0v) is 15.6. The Morgan fingerprint density at radius 1 is 0.889 bits per heavy atom. The number of hydrogen-bond acceptors (Lipinski definition) is 7. The van der Waals surface area contributed by atoms with E-state index in [2.05, 4.69) is 9.47 Å². The lowest BCUT2D eigenvalue weighted by molar-refractivity contribution is -0.166. The normalized spacial score (nSPS) is 14.1. The molecule has 0 fully saturated rings. The van der Waals surface area contributed by atoms with Crippen LogP contribution in [0.2, 0.25) is 0 Å². The Balaban J connectivity index is 2.36. The first-order chi connectivity index (χ1) is 12.8. The Hall–Kier alpha value is -2.93. The zero-order chi connectivity index (χ0) is 20.1. The highest BCUT2D eigenvalue weighted by Gasteiger charge is 2.41. The number of carbonyl (C=O) groups is 3. The second kappa shape index (κ2) is 8.64. The molecule has 2 rings (SSSR count). The number of fused-ring (bicyclic) bond motifs is 1. The second-order valence-electron chi connectivity index (χ2n) is 6.07. The number of hydrogen-bond donors (Lipinski definition) is 1. The predicted octanol–water partition coefficient (Wildman–Crippen LogP) is 1.84. The fraction of sp³-hybridized carbons (Fsp3) is 0.350. The number of Topliss-reactive ketones (excluding diaryl/α,β-unsaturated/α-hetero) is 1. The van der Waals surface area contributed by atoms with Crippen LogP contribution in [0.3, 0.4) is 0 Å². The van der Waals surface area contributed by atoms with Crippen molar-refractivity contribution in [1.29, 1.82) is 0 Å². The number of benzene rings is 2. The minimum atomic E-state index is -1.93. The number of aliphatic hydroxyl groups excluding tert-OH is 1. The van der Waals surface area contributed by atoms with Crippen LogP contribution in [-0.4, -0.2) is 50.3 Å². The van der Waals surface area contributed by atoms with E-state index in [9.17, 15) is 19.5 Å². The average Bonchev–Trinajstić information content (AvgIpc) is 2.71. The first-order valence-electron chi connectivity index (χ1n) is 8.29. The van der Waals surface area contributed by atoms with Crippen molar-refractivity contribution in [3.63, 3.8) is 0 Å². The van der Waals surface area contributed by atoms with Gasteiger partial charge in [0.15, 0.2) is 17.8 Å². The van der Waals surface area contributed by atoms with Crippen LogP contribution in [0.5, 0.6) is 5.75 Å². The molecule has 2 aromatic rings. The molecule has 0 aliphatic rings. The number of rotatable bonds is 7. The molecular formula is C20H22O7. The summed E-state index contributed by atoms with van der Waals surface area (Å²) in [6.07, 6.45) is -1.93. The average molecular weight is 374 g/mol. The van der Waals surface area contributed by atoms with E-state index in [0.717, 1.165) is 25.0 Å². The molecule has 0 aromatic heterocycles. The topological polar surface area (TPSA) is 99.1 Å². The molecule has 7 nitrogen and oxygen atoms in total. The van der Waals surface area contributed by atoms with Gasteiger partial charge in [-0.05, 0) is 28.5 Å². The minimum absolute atomic E-state index is 0.632. The Morgan fingerprint density at radius 2 is 1.48 bits per heavy atom. The molecule has 2 unspecified atom stereocenters. The number of ketones is 1. The van der Waals surface area contributed by atoms with Gasteiger partial charge in [0.1, 0.15) is 5.75 Å². The number of aliphatic hydroxyl groups is 1. The third-order valence-corrected chi connectivity index (χ3v) is 4.52. The van der Waals surface area contributed by atoms with Crippen molar-refractivity contribution in [2.45, 2.75) is 18.9 Å². The van der Waals surface area contributed by atoms with Crippen molar-refractivity contribution in [3.8, 4) is 5.75 Å². The number of esters is 2. The van der Waals surface area contributed by atoms with E-state index in [0.29, 0.717) is 11.3 Å². The van der Waals surface area contributed by atoms with Gasteiger partial charge in [0.05, 0.1) is 21.3 Å². The molecule has 0 saturated carbocycles. The van der Waals surface area contributed by atoms with E-state index in [1.165, 1.54) is 0 Å². The van der Waals surface area contributed by atoms with E-state index in [1.54, 1.807) is 26.2 Å². The first-order valence-corrected chi connectivity index (χ1v) is 8.29. The van der Waals surface area contributed by atoms with Crippen molar-refractivity contribution >= 4 is 28.5 Å². The Morgan fingerprint density at radius 3 is 2.07 bits per heavy atom. The summed E-state index contributed by atoms with van der Waals surface area (Å²) in [7, 11) is 3.72.